The van der Waals surface area contributed by atoms with Gasteiger partial charge in [-0.05, 0) is 39.8 Å². The number of nitrogens with zero attached hydrogens (tertiary/aromatic N) is 1. The highest BCUT2D eigenvalue weighted by molar-refractivity contribution is 5.99. The van der Waals surface area contributed by atoms with Crippen LogP contribution in [0.25, 0.3) is 0 Å². The van der Waals surface area contributed by atoms with Gasteiger partial charge in [-0.15, -0.1) is 0 Å². The Hall–Kier alpha value is -2.30. The third-order valence-electron chi connectivity index (χ3n) is 3.41. The molecule has 1 aromatic heterocycles. The predicted octanol–water partition coefficient (Wildman–Crippen LogP) is 3.21. The summed E-state index contributed by atoms with van der Waals surface area (Å²) in [6.45, 7) is 8.43. The first-order chi connectivity index (χ1) is 10.0. The average molecular weight is 287 g/mol. The number of anilines is 1. The number of hydrogen-bond donors (Lipinski definition) is 2. The van der Waals surface area contributed by atoms with E-state index in [-0.39, 0.29) is 11.9 Å². The Bertz CT molecular complexity index is 615. The Labute approximate surface area is 124 Å². The summed E-state index contributed by atoms with van der Waals surface area (Å²) in [7, 11) is 0. The average Bonchev–Trinajstić information content (AvgIpc) is 2.79. The van der Waals surface area contributed by atoms with Crippen molar-refractivity contribution < 1.29 is 9.32 Å². The van der Waals surface area contributed by atoms with Crippen molar-refractivity contribution in [2.24, 2.45) is 0 Å². The zero-order valence-electron chi connectivity index (χ0n) is 12.9. The molecule has 0 saturated carbocycles. The summed E-state index contributed by atoms with van der Waals surface area (Å²) in [6, 6.07) is 7.33. The molecule has 0 fully saturated rings. The number of aromatic nitrogens is 1. The lowest BCUT2D eigenvalue weighted by Gasteiger charge is -2.16. The van der Waals surface area contributed by atoms with Gasteiger partial charge in [-0.2, -0.15) is 0 Å². The van der Waals surface area contributed by atoms with Crippen molar-refractivity contribution >= 4 is 11.6 Å². The largest absolute Gasteiger partial charge is 0.385 e. The number of amides is 1. The van der Waals surface area contributed by atoms with Gasteiger partial charge in [-0.1, -0.05) is 17.3 Å². The van der Waals surface area contributed by atoms with Crippen LogP contribution in [0.15, 0.2) is 28.8 Å². The van der Waals surface area contributed by atoms with E-state index in [1.165, 1.54) is 0 Å². The summed E-state index contributed by atoms with van der Waals surface area (Å²) in [5.74, 6) is 0.624. The van der Waals surface area contributed by atoms with Gasteiger partial charge in [0.2, 0.25) is 0 Å². The minimum atomic E-state index is -0.154. The monoisotopic (exact) mass is 287 g/mol. The first kappa shape index (κ1) is 15.1. The van der Waals surface area contributed by atoms with Gasteiger partial charge in [0.05, 0.1) is 17.3 Å². The van der Waals surface area contributed by atoms with Crippen molar-refractivity contribution in [1.29, 1.82) is 0 Å². The highest BCUT2D eigenvalue weighted by Crippen LogP contribution is 2.22. The molecule has 2 aromatic rings. The Morgan fingerprint density at radius 2 is 2.05 bits per heavy atom. The van der Waals surface area contributed by atoms with Gasteiger partial charge < -0.3 is 15.2 Å². The summed E-state index contributed by atoms with van der Waals surface area (Å²) >= 11 is 0. The van der Waals surface area contributed by atoms with Crippen molar-refractivity contribution in [2.75, 3.05) is 11.9 Å². The molecule has 1 aromatic carbocycles. The van der Waals surface area contributed by atoms with Gasteiger partial charge in [-0.25, -0.2) is 0 Å². The van der Waals surface area contributed by atoms with Crippen LogP contribution in [-0.4, -0.2) is 17.6 Å². The van der Waals surface area contributed by atoms with E-state index in [2.05, 4.69) is 15.8 Å². The van der Waals surface area contributed by atoms with Crippen LogP contribution >= 0.6 is 0 Å². The smallest absolute Gasteiger partial charge is 0.253 e. The first-order valence-corrected chi connectivity index (χ1v) is 7.11. The van der Waals surface area contributed by atoms with Crippen LogP contribution in [0.1, 0.15) is 47.3 Å². The summed E-state index contributed by atoms with van der Waals surface area (Å²) in [5, 5.41) is 10.1. The number of rotatable bonds is 5. The van der Waals surface area contributed by atoms with Crippen molar-refractivity contribution in [3.05, 3.63) is 46.8 Å². The van der Waals surface area contributed by atoms with Gasteiger partial charge in [0.15, 0.2) is 0 Å². The highest BCUT2D eigenvalue weighted by atomic mass is 16.5. The molecule has 5 heteroatoms. The molecule has 0 aliphatic rings. The Kier molecular flexibility index (Phi) is 4.62. The van der Waals surface area contributed by atoms with E-state index in [1.807, 2.05) is 52.0 Å². The van der Waals surface area contributed by atoms with Crippen LogP contribution in [0.3, 0.4) is 0 Å². The molecule has 112 valence electrons. The van der Waals surface area contributed by atoms with E-state index < -0.39 is 0 Å². The first-order valence-electron chi connectivity index (χ1n) is 7.11. The maximum Gasteiger partial charge on any atom is 0.253 e. The molecule has 21 heavy (non-hydrogen) atoms. The molecule has 0 bridgehead atoms. The van der Waals surface area contributed by atoms with Crippen LogP contribution < -0.4 is 10.6 Å². The molecule has 0 aliphatic carbocycles. The molecule has 0 saturated heterocycles. The fourth-order valence-corrected chi connectivity index (χ4v) is 2.48. The molecule has 0 spiro atoms. The standard InChI is InChI=1S/C16H21N3O2/c1-5-17-14-9-7-6-8-13(14)16(20)18-10(2)15-11(3)19-21-12(15)4/h6-10,17H,5H2,1-4H3,(H,18,20). The third kappa shape index (κ3) is 3.24. The molecule has 1 unspecified atom stereocenters. The topological polar surface area (TPSA) is 67.2 Å². The van der Waals surface area contributed by atoms with Crippen LogP contribution in [0.5, 0.6) is 0 Å². The van der Waals surface area contributed by atoms with Crippen molar-refractivity contribution in [2.45, 2.75) is 33.7 Å². The van der Waals surface area contributed by atoms with Gasteiger partial charge >= 0.3 is 0 Å². The maximum atomic E-state index is 12.5. The van der Waals surface area contributed by atoms with E-state index in [4.69, 9.17) is 4.52 Å². The quantitative estimate of drug-likeness (QED) is 0.886. The van der Waals surface area contributed by atoms with Gasteiger partial charge in [0.25, 0.3) is 5.91 Å². The number of hydrogen-bond acceptors (Lipinski definition) is 4. The SMILES string of the molecule is CCNc1ccccc1C(=O)NC(C)c1c(C)noc1C. The summed E-state index contributed by atoms with van der Waals surface area (Å²) < 4.78 is 5.15. The van der Waals surface area contributed by atoms with Crippen LogP contribution in [0.4, 0.5) is 5.69 Å². The van der Waals surface area contributed by atoms with Gasteiger partial charge in [0, 0.05) is 17.8 Å². The summed E-state index contributed by atoms with van der Waals surface area (Å²) in [4.78, 5) is 12.5. The van der Waals surface area contributed by atoms with Crippen molar-refractivity contribution in [3.8, 4) is 0 Å². The zero-order valence-corrected chi connectivity index (χ0v) is 12.9. The van der Waals surface area contributed by atoms with Crippen molar-refractivity contribution in [1.82, 2.24) is 10.5 Å². The Balaban J connectivity index is 2.18. The molecule has 1 atom stereocenters. The summed E-state index contributed by atoms with van der Waals surface area (Å²) in [6.07, 6.45) is 0. The van der Waals surface area contributed by atoms with Crippen LogP contribution in [0.2, 0.25) is 0 Å². The fourth-order valence-electron chi connectivity index (χ4n) is 2.48. The minimum absolute atomic E-state index is 0.112. The molecular weight excluding hydrogens is 266 g/mol. The van der Waals surface area contributed by atoms with E-state index >= 15 is 0 Å². The number of para-hydroxylation sites is 1. The van der Waals surface area contributed by atoms with E-state index in [0.717, 1.165) is 29.2 Å². The fraction of sp³-hybridized carbons (Fsp3) is 0.375. The molecule has 5 nitrogen and oxygen atoms in total. The minimum Gasteiger partial charge on any atom is -0.385 e. The molecule has 2 rings (SSSR count). The second-order valence-corrected chi connectivity index (χ2v) is 5.01. The van der Waals surface area contributed by atoms with Crippen molar-refractivity contribution in [3.63, 3.8) is 0 Å². The van der Waals surface area contributed by atoms with Crippen LogP contribution in [0, 0.1) is 13.8 Å². The molecule has 1 heterocycles. The summed E-state index contributed by atoms with van der Waals surface area (Å²) in [5.41, 5.74) is 3.21. The number of aryl methyl sites for hydroxylation is 2. The molecule has 2 N–H and O–H groups in total. The lowest BCUT2D eigenvalue weighted by molar-refractivity contribution is 0.0940. The predicted molar refractivity (Wildman–Crippen MR) is 82.5 cm³/mol. The Morgan fingerprint density at radius 3 is 2.67 bits per heavy atom. The normalized spacial score (nSPS) is 12.0. The second-order valence-electron chi connectivity index (χ2n) is 5.01. The third-order valence-corrected chi connectivity index (χ3v) is 3.41. The molecule has 0 aliphatic heterocycles. The second kappa shape index (κ2) is 6.43. The van der Waals surface area contributed by atoms with Gasteiger partial charge in [-0.3, -0.25) is 4.79 Å². The molecule has 1 amide bonds. The maximum absolute atomic E-state index is 12.5. The number of benzene rings is 1. The van der Waals surface area contributed by atoms with Gasteiger partial charge in [0.1, 0.15) is 5.76 Å². The van der Waals surface area contributed by atoms with E-state index in [9.17, 15) is 4.79 Å². The number of nitrogens with one attached hydrogen (secondary N) is 2. The van der Waals surface area contributed by atoms with Crippen LogP contribution in [-0.2, 0) is 0 Å². The lowest BCUT2D eigenvalue weighted by atomic mass is 10.1. The zero-order chi connectivity index (χ0) is 15.4. The Morgan fingerprint density at radius 1 is 1.33 bits per heavy atom. The number of carbonyl (C=O) groups is 1. The molecule has 0 radical (unpaired) electrons. The van der Waals surface area contributed by atoms with E-state index in [0.29, 0.717) is 5.56 Å². The molecular formula is C16H21N3O2. The number of carbonyl (C=O) groups excluding carboxylic acids is 1. The van der Waals surface area contributed by atoms with E-state index in [1.54, 1.807) is 0 Å². The lowest BCUT2D eigenvalue weighted by Crippen LogP contribution is -2.28. The highest BCUT2D eigenvalue weighted by Gasteiger charge is 2.20.